The summed E-state index contributed by atoms with van der Waals surface area (Å²) in [5, 5.41) is 12.1. The minimum Gasteiger partial charge on any atom is -0.496 e. The lowest BCUT2D eigenvalue weighted by Gasteiger charge is -2.20. The molecule has 19 heavy (non-hydrogen) atoms. The summed E-state index contributed by atoms with van der Waals surface area (Å²) in [5.74, 6) is 0.816. The average Bonchev–Trinajstić information content (AvgIpc) is 2.35. The molecule has 0 heterocycles. The number of carbonyl (C=O) groups is 1. The maximum atomic E-state index is 12.0. The summed E-state index contributed by atoms with van der Waals surface area (Å²) in [6, 6.07) is 5.56. The number of hydrogen-bond acceptors (Lipinski definition) is 3. The number of carbonyl (C=O) groups excluding carboxylic acids is 1. The lowest BCUT2D eigenvalue weighted by molar-refractivity contribution is -0.121. The number of nitrogens with one attached hydrogen (secondary N) is 1. The number of aliphatic hydroxyl groups is 1. The van der Waals surface area contributed by atoms with Gasteiger partial charge in [-0.05, 0) is 18.9 Å². The Balaban J connectivity index is 2.73. The van der Waals surface area contributed by atoms with Crippen molar-refractivity contribution in [3.63, 3.8) is 0 Å². The molecule has 0 saturated carbocycles. The summed E-state index contributed by atoms with van der Waals surface area (Å²) in [6.45, 7) is 5.86. The number of aryl methyl sites for hydroxylation is 1. The number of ether oxygens (including phenoxy) is 1. The first kappa shape index (κ1) is 15.5. The molecule has 0 aliphatic heterocycles. The number of hydrogen-bond donors (Lipinski definition) is 2. The number of benzene rings is 1. The summed E-state index contributed by atoms with van der Waals surface area (Å²) in [6.07, 6.45) is 0.258. The molecule has 1 aromatic carbocycles. The molecule has 1 atom stereocenters. The van der Waals surface area contributed by atoms with E-state index in [1.807, 2.05) is 39.0 Å². The average molecular weight is 265 g/mol. The molecule has 0 radical (unpaired) electrons. The molecule has 1 rings (SSSR count). The molecule has 4 heteroatoms. The van der Waals surface area contributed by atoms with Gasteiger partial charge in [0.05, 0.1) is 26.2 Å². The third-order valence-electron chi connectivity index (χ3n) is 3.13. The maximum Gasteiger partial charge on any atom is 0.224 e. The van der Waals surface area contributed by atoms with Crippen LogP contribution in [0.15, 0.2) is 18.2 Å². The van der Waals surface area contributed by atoms with Crippen LogP contribution < -0.4 is 10.1 Å². The van der Waals surface area contributed by atoms with E-state index < -0.39 is 0 Å². The van der Waals surface area contributed by atoms with Gasteiger partial charge in [-0.15, -0.1) is 0 Å². The Morgan fingerprint density at radius 2 is 2.11 bits per heavy atom. The van der Waals surface area contributed by atoms with Gasteiger partial charge in [-0.3, -0.25) is 4.79 Å². The lowest BCUT2D eigenvalue weighted by Crippen LogP contribution is -2.41. The minimum absolute atomic E-state index is 0.0473. The molecule has 0 unspecified atom stereocenters. The van der Waals surface area contributed by atoms with Crippen molar-refractivity contribution in [1.29, 1.82) is 0 Å². The molecule has 0 aliphatic carbocycles. The molecule has 0 aliphatic rings. The van der Waals surface area contributed by atoms with Crippen LogP contribution in [-0.4, -0.2) is 30.8 Å². The van der Waals surface area contributed by atoms with Crippen molar-refractivity contribution in [1.82, 2.24) is 5.32 Å². The number of rotatable bonds is 6. The van der Waals surface area contributed by atoms with Gasteiger partial charge in [0.2, 0.25) is 5.91 Å². The van der Waals surface area contributed by atoms with Gasteiger partial charge in [-0.1, -0.05) is 31.5 Å². The van der Waals surface area contributed by atoms with Crippen LogP contribution in [0.5, 0.6) is 5.75 Å². The molecule has 4 nitrogen and oxygen atoms in total. The highest BCUT2D eigenvalue weighted by Crippen LogP contribution is 2.20. The van der Waals surface area contributed by atoms with E-state index in [0.717, 1.165) is 11.1 Å². The molecule has 1 aromatic rings. The zero-order valence-corrected chi connectivity index (χ0v) is 12.1. The molecule has 0 aromatic heterocycles. The van der Waals surface area contributed by atoms with Crippen LogP contribution in [-0.2, 0) is 11.2 Å². The van der Waals surface area contributed by atoms with Gasteiger partial charge < -0.3 is 15.2 Å². The van der Waals surface area contributed by atoms with E-state index in [9.17, 15) is 9.90 Å². The van der Waals surface area contributed by atoms with Crippen LogP contribution in [0.25, 0.3) is 0 Å². The van der Waals surface area contributed by atoms with Gasteiger partial charge in [0, 0.05) is 5.56 Å². The van der Waals surface area contributed by atoms with Crippen LogP contribution in [0.4, 0.5) is 0 Å². The quantitative estimate of drug-likeness (QED) is 0.822. The van der Waals surface area contributed by atoms with Gasteiger partial charge in [-0.25, -0.2) is 0 Å². The Bertz CT molecular complexity index is 429. The van der Waals surface area contributed by atoms with Crippen molar-refractivity contribution in [2.75, 3.05) is 13.7 Å². The monoisotopic (exact) mass is 265 g/mol. The first-order chi connectivity index (χ1) is 8.97. The fourth-order valence-electron chi connectivity index (χ4n) is 1.90. The highest BCUT2D eigenvalue weighted by atomic mass is 16.5. The van der Waals surface area contributed by atoms with E-state index in [1.165, 1.54) is 0 Å². The van der Waals surface area contributed by atoms with Crippen molar-refractivity contribution in [2.24, 2.45) is 5.92 Å². The maximum absolute atomic E-state index is 12.0. The van der Waals surface area contributed by atoms with Gasteiger partial charge >= 0.3 is 0 Å². The van der Waals surface area contributed by atoms with Crippen LogP contribution in [0.1, 0.15) is 25.0 Å². The molecule has 106 valence electrons. The standard InChI is InChI=1S/C15H23NO3/c1-10(2)13(9-17)16-15(18)8-12-7-11(3)5-6-14(12)19-4/h5-7,10,13,17H,8-9H2,1-4H3,(H,16,18)/t13-/m1/s1. The van der Waals surface area contributed by atoms with Crippen molar-refractivity contribution in [2.45, 2.75) is 33.2 Å². The zero-order valence-electron chi connectivity index (χ0n) is 12.1. The first-order valence-corrected chi connectivity index (χ1v) is 6.51. The topological polar surface area (TPSA) is 58.6 Å². The smallest absolute Gasteiger partial charge is 0.224 e. The highest BCUT2D eigenvalue weighted by Gasteiger charge is 2.16. The fourth-order valence-corrected chi connectivity index (χ4v) is 1.90. The zero-order chi connectivity index (χ0) is 14.4. The normalized spacial score (nSPS) is 12.3. The SMILES string of the molecule is COc1ccc(C)cc1CC(=O)N[C@H](CO)C(C)C. The Morgan fingerprint density at radius 1 is 1.42 bits per heavy atom. The van der Waals surface area contributed by atoms with E-state index >= 15 is 0 Å². The Kier molecular flexibility index (Phi) is 5.83. The van der Waals surface area contributed by atoms with Crippen molar-refractivity contribution < 1.29 is 14.6 Å². The summed E-state index contributed by atoms with van der Waals surface area (Å²) < 4.78 is 5.25. The fraction of sp³-hybridized carbons (Fsp3) is 0.533. The van der Waals surface area contributed by atoms with Crippen LogP contribution in [0, 0.1) is 12.8 Å². The molecule has 0 saturated heterocycles. The second-order valence-corrected chi connectivity index (χ2v) is 5.09. The van der Waals surface area contributed by atoms with E-state index in [-0.39, 0.29) is 30.9 Å². The molecule has 0 spiro atoms. The third-order valence-corrected chi connectivity index (χ3v) is 3.13. The summed E-state index contributed by atoms with van der Waals surface area (Å²) in [4.78, 5) is 12.0. The number of methoxy groups -OCH3 is 1. The van der Waals surface area contributed by atoms with Crippen molar-refractivity contribution >= 4 is 5.91 Å². The largest absolute Gasteiger partial charge is 0.496 e. The molecule has 0 fully saturated rings. The second kappa shape index (κ2) is 7.14. The van der Waals surface area contributed by atoms with Crippen LogP contribution in [0.2, 0.25) is 0 Å². The minimum atomic E-state index is -0.205. The van der Waals surface area contributed by atoms with Gasteiger partial charge in [-0.2, -0.15) is 0 Å². The van der Waals surface area contributed by atoms with E-state index in [2.05, 4.69) is 5.32 Å². The second-order valence-electron chi connectivity index (χ2n) is 5.09. The molecule has 0 bridgehead atoms. The Hall–Kier alpha value is -1.55. The van der Waals surface area contributed by atoms with E-state index in [1.54, 1.807) is 7.11 Å². The molecule has 2 N–H and O–H groups in total. The van der Waals surface area contributed by atoms with Gasteiger partial charge in [0.15, 0.2) is 0 Å². The predicted molar refractivity (Wildman–Crippen MR) is 75.3 cm³/mol. The molecular weight excluding hydrogens is 242 g/mol. The van der Waals surface area contributed by atoms with Crippen molar-refractivity contribution in [3.05, 3.63) is 29.3 Å². The van der Waals surface area contributed by atoms with Gasteiger partial charge in [0.1, 0.15) is 5.75 Å². The predicted octanol–water partition coefficient (Wildman–Crippen LogP) is 1.68. The van der Waals surface area contributed by atoms with E-state index in [4.69, 9.17) is 4.74 Å². The molecule has 1 amide bonds. The van der Waals surface area contributed by atoms with E-state index in [0.29, 0.717) is 5.75 Å². The molecular formula is C15H23NO3. The van der Waals surface area contributed by atoms with Crippen LogP contribution in [0.3, 0.4) is 0 Å². The Labute approximate surface area is 114 Å². The summed E-state index contributed by atoms with van der Waals surface area (Å²) in [5.41, 5.74) is 1.95. The first-order valence-electron chi connectivity index (χ1n) is 6.51. The third kappa shape index (κ3) is 4.56. The summed E-state index contributed by atoms with van der Waals surface area (Å²) in [7, 11) is 1.59. The van der Waals surface area contributed by atoms with Gasteiger partial charge in [0.25, 0.3) is 0 Å². The van der Waals surface area contributed by atoms with Crippen molar-refractivity contribution in [3.8, 4) is 5.75 Å². The number of amides is 1. The van der Waals surface area contributed by atoms with Crippen LogP contribution >= 0.6 is 0 Å². The Morgan fingerprint density at radius 3 is 2.63 bits per heavy atom. The summed E-state index contributed by atoms with van der Waals surface area (Å²) >= 11 is 0. The number of aliphatic hydroxyl groups excluding tert-OH is 1. The highest BCUT2D eigenvalue weighted by molar-refractivity contribution is 5.79. The lowest BCUT2D eigenvalue weighted by atomic mass is 10.0.